The number of nitrogens with zero attached hydrogens (tertiary/aromatic N) is 1. The lowest BCUT2D eigenvalue weighted by Crippen LogP contribution is -2.27. The van der Waals surface area contributed by atoms with Gasteiger partial charge in [0.05, 0.1) is 0 Å². The number of anilines is 1. The number of benzene rings is 1. The maximum atomic E-state index is 5.55. The topological polar surface area (TPSA) is 29.3 Å². The quantitative estimate of drug-likeness (QED) is 0.854. The fourth-order valence-electron chi connectivity index (χ4n) is 1.85. The predicted octanol–water partition coefficient (Wildman–Crippen LogP) is 1.77. The Kier molecular flexibility index (Phi) is 2.56. The SMILES string of the molecule is NCCN1CCc2c(Br)cccc21. The maximum absolute atomic E-state index is 5.55. The van der Waals surface area contributed by atoms with Gasteiger partial charge in [-0.2, -0.15) is 0 Å². The Balaban J connectivity index is 2.32. The summed E-state index contributed by atoms with van der Waals surface area (Å²) in [6.45, 7) is 2.80. The van der Waals surface area contributed by atoms with E-state index in [0.717, 1.165) is 26.1 Å². The highest BCUT2D eigenvalue weighted by Crippen LogP contribution is 2.32. The van der Waals surface area contributed by atoms with E-state index in [-0.39, 0.29) is 0 Å². The third-order valence-electron chi connectivity index (χ3n) is 2.47. The molecular formula is C10H13BrN2. The van der Waals surface area contributed by atoms with E-state index < -0.39 is 0 Å². The molecule has 70 valence electrons. The second kappa shape index (κ2) is 3.68. The van der Waals surface area contributed by atoms with E-state index in [2.05, 4.69) is 39.0 Å². The fourth-order valence-corrected chi connectivity index (χ4v) is 2.40. The van der Waals surface area contributed by atoms with Gasteiger partial charge >= 0.3 is 0 Å². The van der Waals surface area contributed by atoms with Gasteiger partial charge in [0.25, 0.3) is 0 Å². The molecule has 0 saturated heterocycles. The van der Waals surface area contributed by atoms with E-state index in [1.165, 1.54) is 15.7 Å². The van der Waals surface area contributed by atoms with Crippen molar-refractivity contribution in [2.75, 3.05) is 24.5 Å². The van der Waals surface area contributed by atoms with Crippen LogP contribution in [0.2, 0.25) is 0 Å². The molecule has 13 heavy (non-hydrogen) atoms. The average molecular weight is 241 g/mol. The van der Waals surface area contributed by atoms with E-state index in [4.69, 9.17) is 5.73 Å². The Labute approximate surface area is 86.9 Å². The van der Waals surface area contributed by atoms with Gasteiger partial charge in [-0.25, -0.2) is 0 Å². The first kappa shape index (κ1) is 9.03. The van der Waals surface area contributed by atoms with E-state index in [9.17, 15) is 0 Å². The molecule has 0 bridgehead atoms. The van der Waals surface area contributed by atoms with Gasteiger partial charge in [0.2, 0.25) is 0 Å². The molecule has 0 fully saturated rings. The van der Waals surface area contributed by atoms with E-state index >= 15 is 0 Å². The molecule has 2 rings (SSSR count). The van der Waals surface area contributed by atoms with Crippen molar-refractivity contribution in [3.63, 3.8) is 0 Å². The van der Waals surface area contributed by atoms with Crippen LogP contribution in [-0.4, -0.2) is 19.6 Å². The molecule has 2 N–H and O–H groups in total. The molecule has 0 saturated carbocycles. The summed E-state index contributed by atoms with van der Waals surface area (Å²) in [4.78, 5) is 2.35. The number of fused-ring (bicyclic) bond motifs is 1. The Morgan fingerprint density at radius 2 is 2.31 bits per heavy atom. The zero-order valence-electron chi connectivity index (χ0n) is 7.46. The van der Waals surface area contributed by atoms with Gasteiger partial charge in [0, 0.05) is 29.8 Å². The molecule has 0 aliphatic carbocycles. The third kappa shape index (κ3) is 1.58. The van der Waals surface area contributed by atoms with Crippen LogP contribution in [0.1, 0.15) is 5.56 Å². The molecule has 1 aliphatic rings. The Bertz CT molecular complexity index is 312. The van der Waals surface area contributed by atoms with Crippen molar-refractivity contribution in [2.24, 2.45) is 5.73 Å². The molecule has 0 radical (unpaired) electrons. The second-order valence-corrected chi connectivity index (χ2v) is 4.12. The summed E-state index contributed by atoms with van der Waals surface area (Å²) in [5.41, 5.74) is 8.32. The van der Waals surface area contributed by atoms with Crippen LogP contribution >= 0.6 is 15.9 Å². The van der Waals surface area contributed by atoms with Crippen LogP contribution in [0.25, 0.3) is 0 Å². The summed E-state index contributed by atoms with van der Waals surface area (Å²) in [6.07, 6.45) is 1.14. The van der Waals surface area contributed by atoms with Gasteiger partial charge in [-0.1, -0.05) is 22.0 Å². The summed E-state index contributed by atoms with van der Waals surface area (Å²) in [5, 5.41) is 0. The zero-order valence-corrected chi connectivity index (χ0v) is 9.05. The van der Waals surface area contributed by atoms with Crippen molar-refractivity contribution in [1.82, 2.24) is 0 Å². The molecule has 1 aromatic rings. The predicted molar refractivity (Wildman–Crippen MR) is 59.1 cm³/mol. The van der Waals surface area contributed by atoms with Gasteiger partial charge < -0.3 is 10.6 Å². The van der Waals surface area contributed by atoms with Crippen LogP contribution in [0.15, 0.2) is 22.7 Å². The standard InChI is InChI=1S/C10H13BrN2/c11-9-2-1-3-10-8(9)4-6-13(10)7-5-12/h1-3H,4-7,12H2. The fraction of sp³-hybridized carbons (Fsp3) is 0.400. The number of halogens is 1. The molecule has 0 spiro atoms. The Morgan fingerprint density at radius 3 is 3.08 bits per heavy atom. The van der Waals surface area contributed by atoms with Crippen molar-refractivity contribution in [3.8, 4) is 0 Å². The lowest BCUT2D eigenvalue weighted by molar-refractivity contribution is 0.821. The first-order valence-electron chi connectivity index (χ1n) is 4.55. The maximum Gasteiger partial charge on any atom is 0.0411 e. The highest BCUT2D eigenvalue weighted by atomic mass is 79.9. The highest BCUT2D eigenvalue weighted by molar-refractivity contribution is 9.10. The van der Waals surface area contributed by atoms with Crippen LogP contribution in [0.4, 0.5) is 5.69 Å². The number of hydrogen-bond donors (Lipinski definition) is 1. The van der Waals surface area contributed by atoms with Crippen LogP contribution in [-0.2, 0) is 6.42 Å². The van der Waals surface area contributed by atoms with Crippen LogP contribution in [0.5, 0.6) is 0 Å². The minimum Gasteiger partial charge on any atom is -0.370 e. The van der Waals surface area contributed by atoms with Crippen molar-refractivity contribution in [1.29, 1.82) is 0 Å². The lowest BCUT2D eigenvalue weighted by atomic mass is 10.2. The van der Waals surface area contributed by atoms with Gasteiger partial charge in [-0.3, -0.25) is 0 Å². The van der Waals surface area contributed by atoms with Crippen molar-refractivity contribution in [3.05, 3.63) is 28.2 Å². The molecule has 0 unspecified atom stereocenters. The van der Waals surface area contributed by atoms with Gasteiger partial charge in [0.15, 0.2) is 0 Å². The molecule has 1 aliphatic heterocycles. The minimum atomic E-state index is 0.728. The lowest BCUT2D eigenvalue weighted by Gasteiger charge is -2.17. The molecule has 3 heteroatoms. The molecule has 0 aromatic heterocycles. The van der Waals surface area contributed by atoms with E-state index in [1.54, 1.807) is 0 Å². The highest BCUT2D eigenvalue weighted by Gasteiger charge is 2.19. The smallest absolute Gasteiger partial charge is 0.0411 e. The molecule has 2 nitrogen and oxygen atoms in total. The number of nitrogens with two attached hydrogens (primary N) is 1. The largest absolute Gasteiger partial charge is 0.370 e. The minimum absolute atomic E-state index is 0.728. The molecular weight excluding hydrogens is 228 g/mol. The first-order chi connectivity index (χ1) is 6.33. The van der Waals surface area contributed by atoms with E-state index in [0.29, 0.717) is 0 Å². The summed E-state index contributed by atoms with van der Waals surface area (Å²) < 4.78 is 1.23. The van der Waals surface area contributed by atoms with Crippen LogP contribution in [0, 0.1) is 0 Å². The van der Waals surface area contributed by atoms with Gasteiger partial charge in [-0.15, -0.1) is 0 Å². The third-order valence-corrected chi connectivity index (χ3v) is 3.21. The van der Waals surface area contributed by atoms with Crippen LogP contribution < -0.4 is 10.6 Å². The van der Waals surface area contributed by atoms with Crippen molar-refractivity contribution >= 4 is 21.6 Å². The summed E-state index contributed by atoms with van der Waals surface area (Å²) in [6, 6.07) is 6.35. The molecule has 0 atom stereocenters. The molecule has 1 aromatic carbocycles. The monoisotopic (exact) mass is 240 g/mol. The average Bonchev–Trinajstić information content (AvgIpc) is 2.51. The van der Waals surface area contributed by atoms with Crippen molar-refractivity contribution in [2.45, 2.75) is 6.42 Å². The first-order valence-corrected chi connectivity index (χ1v) is 5.34. The Hall–Kier alpha value is -0.540. The molecule has 1 heterocycles. The molecule has 0 amide bonds. The summed E-state index contributed by atoms with van der Waals surface area (Å²) in [7, 11) is 0. The Morgan fingerprint density at radius 1 is 1.46 bits per heavy atom. The van der Waals surface area contributed by atoms with Crippen molar-refractivity contribution < 1.29 is 0 Å². The van der Waals surface area contributed by atoms with Gasteiger partial charge in [-0.05, 0) is 24.1 Å². The number of hydrogen-bond acceptors (Lipinski definition) is 2. The van der Waals surface area contributed by atoms with Gasteiger partial charge in [0.1, 0.15) is 0 Å². The number of rotatable bonds is 2. The zero-order chi connectivity index (χ0) is 9.26. The van der Waals surface area contributed by atoms with Crippen LogP contribution in [0.3, 0.4) is 0 Å². The normalized spacial score (nSPS) is 14.8. The summed E-state index contributed by atoms with van der Waals surface area (Å²) in [5.74, 6) is 0. The van der Waals surface area contributed by atoms with E-state index in [1.807, 2.05) is 0 Å². The summed E-state index contributed by atoms with van der Waals surface area (Å²) >= 11 is 3.57. The second-order valence-electron chi connectivity index (χ2n) is 3.26.